The number of hydrogen-bond donors (Lipinski definition) is 2. The highest BCUT2D eigenvalue weighted by atomic mass is 16.5. The van der Waals surface area contributed by atoms with Gasteiger partial charge in [-0.1, -0.05) is 0 Å². The molecule has 1 unspecified atom stereocenters. The number of nitrogens with one attached hydrogen (secondary N) is 2. The lowest BCUT2D eigenvalue weighted by Gasteiger charge is -2.31. The fraction of sp³-hybridized carbons (Fsp3) is 0.545. The van der Waals surface area contributed by atoms with Gasteiger partial charge in [-0.05, 0) is 49.8 Å². The number of fused-ring (bicyclic) bond motifs is 1. The third-order valence-electron chi connectivity index (χ3n) is 5.99. The maximum Gasteiger partial charge on any atom is 0.270 e. The Bertz CT molecular complexity index is 864. The number of rotatable bonds is 6. The first-order chi connectivity index (χ1) is 14.1. The van der Waals surface area contributed by atoms with Crippen molar-refractivity contribution < 1.29 is 19.1 Å². The molecule has 2 aromatic rings. The van der Waals surface area contributed by atoms with Crippen LogP contribution < -0.4 is 10.1 Å². The highest BCUT2D eigenvalue weighted by Crippen LogP contribution is 2.25. The zero-order chi connectivity index (χ0) is 20.2. The molecule has 1 aromatic carbocycles. The first kappa shape index (κ1) is 19.8. The summed E-state index contributed by atoms with van der Waals surface area (Å²) in [5, 5.41) is 3.99. The van der Waals surface area contributed by atoms with E-state index in [0.29, 0.717) is 37.7 Å². The summed E-state index contributed by atoms with van der Waals surface area (Å²) >= 11 is 0. The number of carbonyl (C=O) groups excluding carboxylic acids is 2. The third kappa shape index (κ3) is 4.72. The number of H-pyrrole nitrogens is 1. The summed E-state index contributed by atoms with van der Waals surface area (Å²) in [7, 11) is 1.63. The Balaban J connectivity index is 1.26. The molecule has 0 bridgehead atoms. The third-order valence-corrected chi connectivity index (χ3v) is 5.99. The second-order valence-corrected chi connectivity index (χ2v) is 8.01. The molecule has 0 saturated carbocycles. The van der Waals surface area contributed by atoms with Crippen LogP contribution in [0.15, 0.2) is 24.3 Å². The topological polar surface area (TPSA) is 83.7 Å². The van der Waals surface area contributed by atoms with Crippen LogP contribution >= 0.6 is 0 Å². The summed E-state index contributed by atoms with van der Waals surface area (Å²) in [5.41, 5.74) is 1.49. The monoisotopic (exact) mass is 399 g/mol. The first-order valence-corrected chi connectivity index (χ1v) is 10.5. The lowest BCUT2D eigenvalue weighted by molar-refractivity contribution is -0.122. The smallest absolute Gasteiger partial charge is 0.270 e. The van der Waals surface area contributed by atoms with E-state index in [2.05, 4.69) is 10.3 Å². The molecule has 7 nitrogen and oxygen atoms in total. The van der Waals surface area contributed by atoms with E-state index in [1.807, 2.05) is 29.2 Å². The molecule has 0 aliphatic carbocycles. The van der Waals surface area contributed by atoms with Gasteiger partial charge in [-0.15, -0.1) is 0 Å². The number of likely N-dealkylation sites (tertiary alicyclic amines) is 1. The Kier molecular flexibility index (Phi) is 6.04. The van der Waals surface area contributed by atoms with Gasteiger partial charge < -0.3 is 24.7 Å². The van der Waals surface area contributed by atoms with Crippen LogP contribution in [0.5, 0.6) is 5.75 Å². The van der Waals surface area contributed by atoms with Crippen LogP contribution in [-0.4, -0.2) is 61.2 Å². The minimum Gasteiger partial charge on any atom is -0.497 e. The number of hydrogen-bond acceptors (Lipinski definition) is 4. The minimum atomic E-state index is 0.0152. The van der Waals surface area contributed by atoms with E-state index in [-0.39, 0.29) is 17.9 Å². The van der Waals surface area contributed by atoms with Crippen LogP contribution in [0.4, 0.5) is 0 Å². The predicted octanol–water partition coefficient (Wildman–Crippen LogP) is 2.71. The van der Waals surface area contributed by atoms with Gasteiger partial charge in [-0.2, -0.15) is 0 Å². The number of aromatic nitrogens is 1. The zero-order valence-electron chi connectivity index (χ0n) is 16.9. The SMILES string of the molecule is COc1ccc2cc(C(=O)N3CCC(CC(=O)NCC4CCCO4)CC3)[nH]c2c1. The van der Waals surface area contributed by atoms with E-state index in [1.54, 1.807) is 7.11 Å². The van der Waals surface area contributed by atoms with Gasteiger partial charge in [0.05, 0.1) is 13.2 Å². The van der Waals surface area contributed by atoms with Crippen LogP contribution in [-0.2, 0) is 9.53 Å². The summed E-state index contributed by atoms with van der Waals surface area (Å²) in [6, 6.07) is 7.62. The number of piperidine rings is 1. The van der Waals surface area contributed by atoms with Crippen molar-refractivity contribution in [3.8, 4) is 5.75 Å². The first-order valence-electron chi connectivity index (χ1n) is 10.5. The Morgan fingerprint density at radius 2 is 2.07 bits per heavy atom. The molecular weight excluding hydrogens is 370 g/mol. The van der Waals surface area contributed by atoms with Gasteiger partial charge in [0, 0.05) is 49.6 Å². The summed E-state index contributed by atoms with van der Waals surface area (Å²) < 4.78 is 10.8. The van der Waals surface area contributed by atoms with Gasteiger partial charge in [0.2, 0.25) is 5.91 Å². The normalized spacial score (nSPS) is 20.2. The minimum absolute atomic E-state index is 0.0152. The molecule has 2 amide bonds. The average molecular weight is 399 g/mol. The molecule has 7 heteroatoms. The molecule has 2 fully saturated rings. The molecule has 0 radical (unpaired) electrons. The summed E-state index contributed by atoms with van der Waals surface area (Å²) in [6.45, 7) is 2.78. The molecule has 4 rings (SSSR count). The van der Waals surface area contributed by atoms with E-state index >= 15 is 0 Å². The Morgan fingerprint density at radius 3 is 2.79 bits per heavy atom. The van der Waals surface area contributed by atoms with Gasteiger partial charge in [0.25, 0.3) is 5.91 Å². The number of nitrogens with zero attached hydrogens (tertiary/aromatic N) is 1. The van der Waals surface area contributed by atoms with E-state index in [1.165, 1.54) is 0 Å². The van der Waals surface area contributed by atoms with Gasteiger partial charge in [-0.3, -0.25) is 9.59 Å². The highest BCUT2D eigenvalue weighted by Gasteiger charge is 2.26. The molecule has 2 saturated heterocycles. The lowest BCUT2D eigenvalue weighted by Crippen LogP contribution is -2.40. The van der Waals surface area contributed by atoms with E-state index in [0.717, 1.165) is 48.9 Å². The molecule has 1 atom stereocenters. The van der Waals surface area contributed by atoms with Crippen molar-refractivity contribution in [2.24, 2.45) is 5.92 Å². The number of carbonyl (C=O) groups is 2. The van der Waals surface area contributed by atoms with Crippen LogP contribution in [0.1, 0.15) is 42.6 Å². The number of ether oxygens (including phenoxy) is 2. The van der Waals surface area contributed by atoms with Crippen molar-refractivity contribution in [2.45, 2.75) is 38.2 Å². The van der Waals surface area contributed by atoms with Crippen molar-refractivity contribution in [3.63, 3.8) is 0 Å². The Morgan fingerprint density at radius 1 is 1.24 bits per heavy atom. The largest absolute Gasteiger partial charge is 0.497 e. The second kappa shape index (κ2) is 8.86. The van der Waals surface area contributed by atoms with E-state index < -0.39 is 0 Å². The van der Waals surface area contributed by atoms with Gasteiger partial charge in [0.1, 0.15) is 11.4 Å². The Labute approximate surface area is 170 Å². The summed E-state index contributed by atoms with van der Waals surface area (Å²) in [4.78, 5) is 30.2. The van der Waals surface area contributed by atoms with Crippen LogP contribution in [0, 0.1) is 5.92 Å². The van der Waals surface area contributed by atoms with Crippen molar-refractivity contribution in [1.82, 2.24) is 15.2 Å². The molecule has 2 N–H and O–H groups in total. The quantitative estimate of drug-likeness (QED) is 0.782. The fourth-order valence-electron chi connectivity index (χ4n) is 4.23. The maximum atomic E-state index is 12.9. The number of methoxy groups -OCH3 is 1. The van der Waals surface area contributed by atoms with Crippen molar-refractivity contribution >= 4 is 22.7 Å². The molecule has 29 heavy (non-hydrogen) atoms. The predicted molar refractivity (Wildman–Crippen MR) is 110 cm³/mol. The standard InChI is InChI=1S/C22H29N3O4/c1-28-17-5-4-16-12-20(24-19(16)13-17)22(27)25-8-6-15(7-9-25)11-21(26)23-14-18-3-2-10-29-18/h4-5,12-13,15,18,24H,2-3,6-11,14H2,1H3,(H,23,26). The zero-order valence-corrected chi connectivity index (χ0v) is 16.9. The number of aromatic amines is 1. The van der Waals surface area contributed by atoms with Crippen LogP contribution in [0.3, 0.4) is 0 Å². The second-order valence-electron chi connectivity index (χ2n) is 8.01. The van der Waals surface area contributed by atoms with Gasteiger partial charge in [0.15, 0.2) is 0 Å². The van der Waals surface area contributed by atoms with Crippen LogP contribution in [0.25, 0.3) is 10.9 Å². The van der Waals surface area contributed by atoms with Gasteiger partial charge >= 0.3 is 0 Å². The summed E-state index contributed by atoms with van der Waals surface area (Å²) in [5.74, 6) is 1.20. The van der Waals surface area contributed by atoms with E-state index in [9.17, 15) is 9.59 Å². The molecule has 2 aliphatic heterocycles. The molecule has 2 aliphatic rings. The van der Waals surface area contributed by atoms with E-state index in [4.69, 9.17) is 9.47 Å². The molecule has 3 heterocycles. The van der Waals surface area contributed by atoms with Crippen molar-refractivity contribution in [2.75, 3.05) is 33.4 Å². The molecular formula is C22H29N3O4. The van der Waals surface area contributed by atoms with Crippen molar-refractivity contribution in [3.05, 3.63) is 30.0 Å². The Hall–Kier alpha value is -2.54. The van der Waals surface area contributed by atoms with Crippen molar-refractivity contribution in [1.29, 1.82) is 0 Å². The number of amides is 2. The lowest BCUT2D eigenvalue weighted by atomic mass is 9.93. The molecule has 156 valence electrons. The maximum absolute atomic E-state index is 12.9. The molecule has 1 aromatic heterocycles. The van der Waals surface area contributed by atoms with Gasteiger partial charge in [-0.25, -0.2) is 0 Å². The average Bonchev–Trinajstić information content (AvgIpc) is 3.41. The number of benzene rings is 1. The van der Waals surface area contributed by atoms with Crippen LogP contribution in [0.2, 0.25) is 0 Å². The molecule has 0 spiro atoms. The highest BCUT2D eigenvalue weighted by molar-refractivity contribution is 5.98. The summed E-state index contributed by atoms with van der Waals surface area (Å²) in [6.07, 6.45) is 4.52. The fourth-order valence-corrected chi connectivity index (χ4v) is 4.23.